The summed E-state index contributed by atoms with van der Waals surface area (Å²) in [5.41, 5.74) is 2.39. The molecule has 2 aromatic carbocycles. The van der Waals surface area contributed by atoms with Gasteiger partial charge in [0.15, 0.2) is 6.10 Å². The SMILES string of the molecule is C=C(O)COc1ccc(O[C@@H](COCC)c2cccc(-c3ccc(C#N)cc3F)n2)cc1C. The van der Waals surface area contributed by atoms with Crippen molar-refractivity contribution < 1.29 is 23.7 Å². The van der Waals surface area contributed by atoms with Crippen molar-refractivity contribution in [2.75, 3.05) is 19.8 Å². The van der Waals surface area contributed by atoms with Gasteiger partial charge in [0.05, 0.1) is 29.6 Å². The van der Waals surface area contributed by atoms with Crippen LogP contribution in [0.25, 0.3) is 11.3 Å². The number of nitrogens with zero attached hydrogens (tertiary/aromatic N) is 2. The molecule has 0 amide bonds. The summed E-state index contributed by atoms with van der Waals surface area (Å²) in [7, 11) is 0. The van der Waals surface area contributed by atoms with Crippen LogP contribution in [0.5, 0.6) is 11.5 Å². The molecule has 3 aromatic rings. The van der Waals surface area contributed by atoms with E-state index in [2.05, 4.69) is 11.6 Å². The minimum atomic E-state index is -0.533. The zero-order valence-corrected chi connectivity index (χ0v) is 18.5. The van der Waals surface area contributed by atoms with E-state index in [-0.39, 0.29) is 24.5 Å². The molecule has 1 heterocycles. The average Bonchev–Trinajstić information content (AvgIpc) is 2.81. The Bertz CT molecular complexity index is 1170. The number of aromatic nitrogens is 1. The van der Waals surface area contributed by atoms with E-state index >= 15 is 0 Å². The van der Waals surface area contributed by atoms with E-state index in [0.717, 1.165) is 5.56 Å². The summed E-state index contributed by atoms with van der Waals surface area (Å²) in [4.78, 5) is 4.61. The number of rotatable bonds is 10. The van der Waals surface area contributed by atoms with Crippen LogP contribution in [0.15, 0.2) is 66.9 Å². The molecule has 6 nitrogen and oxygen atoms in total. The zero-order valence-electron chi connectivity index (χ0n) is 18.5. The number of hydrogen-bond acceptors (Lipinski definition) is 6. The fraction of sp³-hybridized carbons (Fsp3) is 0.231. The smallest absolute Gasteiger partial charge is 0.164 e. The van der Waals surface area contributed by atoms with Crippen LogP contribution in [-0.2, 0) is 4.74 Å². The minimum absolute atomic E-state index is 0.0105. The van der Waals surface area contributed by atoms with Gasteiger partial charge < -0.3 is 19.3 Å². The molecule has 0 spiro atoms. The van der Waals surface area contributed by atoms with Crippen LogP contribution in [0.1, 0.15) is 29.8 Å². The highest BCUT2D eigenvalue weighted by Gasteiger charge is 2.18. The van der Waals surface area contributed by atoms with E-state index < -0.39 is 11.9 Å². The Hall–Kier alpha value is -3.89. The Morgan fingerprint density at radius 3 is 2.70 bits per heavy atom. The van der Waals surface area contributed by atoms with Gasteiger partial charge in [0.25, 0.3) is 0 Å². The topological polar surface area (TPSA) is 84.6 Å². The maximum Gasteiger partial charge on any atom is 0.164 e. The van der Waals surface area contributed by atoms with Crippen molar-refractivity contribution in [2.24, 2.45) is 0 Å². The molecule has 3 rings (SSSR count). The molecule has 0 saturated heterocycles. The number of aliphatic hydroxyl groups excluding tert-OH is 1. The van der Waals surface area contributed by atoms with E-state index in [1.165, 1.54) is 6.07 Å². The molecule has 0 fully saturated rings. The lowest BCUT2D eigenvalue weighted by molar-refractivity contribution is 0.0540. The fourth-order valence-corrected chi connectivity index (χ4v) is 3.16. The predicted molar refractivity (Wildman–Crippen MR) is 123 cm³/mol. The van der Waals surface area contributed by atoms with Crippen molar-refractivity contribution in [2.45, 2.75) is 20.0 Å². The van der Waals surface area contributed by atoms with Crippen LogP contribution in [0.2, 0.25) is 0 Å². The van der Waals surface area contributed by atoms with E-state index in [1.54, 1.807) is 42.5 Å². The zero-order chi connectivity index (χ0) is 23.8. The molecule has 0 aliphatic heterocycles. The van der Waals surface area contributed by atoms with Gasteiger partial charge in [-0.1, -0.05) is 12.6 Å². The number of pyridine rings is 1. The van der Waals surface area contributed by atoms with Crippen LogP contribution in [-0.4, -0.2) is 29.9 Å². The molecule has 7 heteroatoms. The number of hydrogen-bond donors (Lipinski definition) is 1. The first-order valence-electron chi connectivity index (χ1n) is 10.4. The molecule has 0 bridgehead atoms. The van der Waals surface area contributed by atoms with Crippen LogP contribution in [0.3, 0.4) is 0 Å². The van der Waals surface area contributed by atoms with Crippen molar-refractivity contribution in [3.63, 3.8) is 0 Å². The van der Waals surface area contributed by atoms with Crippen molar-refractivity contribution in [1.82, 2.24) is 4.98 Å². The molecule has 0 aliphatic rings. The van der Waals surface area contributed by atoms with Gasteiger partial charge in [0.1, 0.15) is 29.7 Å². The number of nitriles is 1. The van der Waals surface area contributed by atoms with Gasteiger partial charge in [-0.15, -0.1) is 0 Å². The van der Waals surface area contributed by atoms with E-state index in [4.69, 9.17) is 19.5 Å². The highest BCUT2D eigenvalue weighted by Crippen LogP contribution is 2.29. The van der Waals surface area contributed by atoms with Crippen molar-refractivity contribution in [3.8, 4) is 28.8 Å². The van der Waals surface area contributed by atoms with Gasteiger partial charge in [0, 0.05) is 12.2 Å². The summed E-state index contributed by atoms with van der Waals surface area (Å²) >= 11 is 0. The monoisotopic (exact) mass is 448 g/mol. The third-order valence-electron chi connectivity index (χ3n) is 4.77. The quantitative estimate of drug-likeness (QED) is 0.402. The predicted octanol–water partition coefficient (Wildman–Crippen LogP) is 5.67. The molecule has 0 saturated carbocycles. The molecule has 0 radical (unpaired) electrons. The minimum Gasteiger partial charge on any atom is -0.509 e. The van der Waals surface area contributed by atoms with Crippen LogP contribution in [0.4, 0.5) is 4.39 Å². The highest BCUT2D eigenvalue weighted by molar-refractivity contribution is 5.61. The Morgan fingerprint density at radius 2 is 2.03 bits per heavy atom. The molecule has 0 unspecified atom stereocenters. The molecule has 1 atom stereocenters. The Morgan fingerprint density at radius 1 is 1.21 bits per heavy atom. The van der Waals surface area contributed by atoms with E-state index in [9.17, 15) is 9.50 Å². The molecule has 0 aliphatic carbocycles. The number of aliphatic hydroxyl groups is 1. The second-order valence-corrected chi connectivity index (χ2v) is 7.30. The van der Waals surface area contributed by atoms with Gasteiger partial charge in [0.2, 0.25) is 0 Å². The molecule has 1 N–H and O–H groups in total. The third kappa shape index (κ3) is 6.31. The van der Waals surface area contributed by atoms with Gasteiger partial charge in [-0.3, -0.25) is 0 Å². The van der Waals surface area contributed by atoms with Crippen molar-refractivity contribution >= 4 is 0 Å². The van der Waals surface area contributed by atoms with Gasteiger partial charge in [-0.2, -0.15) is 5.26 Å². The fourth-order valence-electron chi connectivity index (χ4n) is 3.16. The summed E-state index contributed by atoms with van der Waals surface area (Å²) in [5.74, 6) is 0.619. The molecular formula is C26H25FN2O4. The Balaban J connectivity index is 1.86. The maximum absolute atomic E-state index is 14.5. The summed E-state index contributed by atoms with van der Waals surface area (Å²) in [6.45, 7) is 7.93. The number of halogens is 1. The van der Waals surface area contributed by atoms with Gasteiger partial charge in [-0.05, 0) is 67.9 Å². The summed E-state index contributed by atoms with van der Waals surface area (Å²) < 4.78 is 31.8. The second-order valence-electron chi connectivity index (χ2n) is 7.30. The lowest BCUT2D eigenvalue weighted by atomic mass is 10.1. The lowest BCUT2D eigenvalue weighted by Crippen LogP contribution is -2.16. The standard InChI is InChI=1S/C26H25FN2O4/c1-4-31-16-26(33-20-9-11-25(17(2)12-20)32-15-18(3)30)24-7-5-6-23(29-24)21-10-8-19(14-28)13-22(21)27/h5-13,26,30H,3-4,15-16H2,1-2H3/t26-/m0/s1. The van der Waals surface area contributed by atoms with Crippen molar-refractivity contribution in [3.05, 3.63) is 89.6 Å². The molecule has 170 valence electrons. The molecule has 33 heavy (non-hydrogen) atoms. The second kappa shape index (κ2) is 11.1. The van der Waals surface area contributed by atoms with Crippen molar-refractivity contribution in [1.29, 1.82) is 5.26 Å². The Kier molecular flexibility index (Phi) is 8.01. The Labute approximate surface area is 192 Å². The lowest BCUT2D eigenvalue weighted by Gasteiger charge is -2.20. The molecular weight excluding hydrogens is 423 g/mol. The first-order chi connectivity index (χ1) is 15.9. The van der Waals surface area contributed by atoms with E-state index in [1.807, 2.05) is 26.0 Å². The van der Waals surface area contributed by atoms with Crippen LogP contribution < -0.4 is 9.47 Å². The normalized spacial score (nSPS) is 11.5. The highest BCUT2D eigenvalue weighted by atomic mass is 19.1. The third-order valence-corrected chi connectivity index (χ3v) is 4.77. The summed E-state index contributed by atoms with van der Waals surface area (Å²) in [6.07, 6.45) is -0.533. The van der Waals surface area contributed by atoms with Gasteiger partial charge in [-0.25, -0.2) is 9.37 Å². The molecule has 1 aromatic heterocycles. The van der Waals surface area contributed by atoms with Crippen LogP contribution >= 0.6 is 0 Å². The first kappa shape index (κ1) is 23.8. The average molecular weight is 448 g/mol. The van der Waals surface area contributed by atoms with E-state index in [0.29, 0.717) is 35.1 Å². The maximum atomic E-state index is 14.5. The summed E-state index contributed by atoms with van der Waals surface area (Å²) in [6, 6.07) is 16.8. The first-order valence-corrected chi connectivity index (χ1v) is 10.4. The largest absolute Gasteiger partial charge is 0.509 e. The number of benzene rings is 2. The number of aryl methyl sites for hydroxylation is 1. The van der Waals surface area contributed by atoms with Crippen LogP contribution in [0, 0.1) is 24.1 Å². The number of ether oxygens (including phenoxy) is 3. The van der Waals surface area contributed by atoms with Gasteiger partial charge >= 0.3 is 0 Å². The summed E-state index contributed by atoms with van der Waals surface area (Å²) in [5, 5.41) is 18.2.